The number of hydrogen-bond donors (Lipinski definition) is 1. The predicted molar refractivity (Wildman–Crippen MR) is 142 cm³/mol. The van der Waals surface area contributed by atoms with Gasteiger partial charge in [0.15, 0.2) is 5.28 Å². The lowest BCUT2D eigenvalue weighted by Gasteiger charge is -2.42. The zero-order valence-corrected chi connectivity index (χ0v) is 23.6. The maximum atomic E-state index is 14.8. The number of fused-ring (bicyclic) bond motifs is 1. The van der Waals surface area contributed by atoms with Gasteiger partial charge >= 0.3 is 7.60 Å². The average molecular weight is 574 g/mol. The van der Waals surface area contributed by atoms with Crippen LogP contribution in [-0.2, 0) is 28.9 Å². The first kappa shape index (κ1) is 29.1. The van der Waals surface area contributed by atoms with Gasteiger partial charge in [-0.25, -0.2) is 8.42 Å². The molecular weight excluding hydrogens is 544 g/mol. The monoisotopic (exact) mass is 573 g/mol. The van der Waals surface area contributed by atoms with Crippen molar-refractivity contribution in [1.82, 2.24) is 4.72 Å². The van der Waals surface area contributed by atoms with Crippen LogP contribution >= 0.6 is 30.8 Å². The standard InChI is InChI=1S/C25H30Cl2NO6PS/c1-4-6-16-33-35(30,34-17-7-5-2)25(28-36(31,32)19-14-12-18(3)13-15-19)21-11-9-8-10-20(21)23(29)22(26)24(25)27/h8-15,28H,4-7,16-17H2,1-3H3. The van der Waals surface area contributed by atoms with Crippen LogP contribution in [0.4, 0.5) is 0 Å². The van der Waals surface area contributed by atoms with Crippen LogP contribution in [0.5, 0.6) is 0 Å². The molecule has 0 bridgehead atoms. The van der Waals surface area contributed by atoms with E-state index in [-0.39, 0.29) is 29.2 Å². The maximum absolute atomic E-state index is 14.8. The normalized spacial score (nSPS) is 18.4. The number of unbranched alkanes of at least 4 members (excludes halogenated alkanes) is 2. The molecule has 36 heavy (non-hydrogen) atoms. The molecule has 7 nitrogen and oxygen atoms in total. The Kier molecular flexibility index (Phi) is 9.61. The summed E-state index contributed by atoms with van der Waals surface area (Å²) in [6.07, 6.45) is 2.54. The number of rotatable bonds is 12. The molecule has 0 saturated carbocycles. The van der Waals surface area contributed by atoms with E-state index in [0.717, 1.165) is 18.4 Å². The van der Waals surface area contributed by atoms with E-state index in [4.69, 9.17) is 32.2 Å². The van der Waals surface area contributed by atoms with Crippen molar-refractivity contribution >= 4 is 46.6 Å². The number of carbonyl (C=O) groups excluding carboxylic acids is 1. The van der Waals surface area contributed by atoms with Crippen molar-refractivity contribution in [3.63, 3.8) is 0 Å². The van der Waals surface area contributed by atoms with Gasteiger partial charge in [0.1, 0.15) is 5.03 Å². The van der Waals surface area contributed by atoms with Crippen molar-refractivity contribution in [2.24, 2.45) is 0 Å². The minimum Gasteiger partial charge on any atom is -0.307 e. The zero-order valence-electron chi connectivity index (χ0n) is 20.4. The van der Waals surface area contributed by atoms with Crippen molar-refractivity contribution in [2.75, 3.05) is 13.2 Å². The molecule has 2 aromatic rings. The van der Waals surface area contributed by atoms with E-state index in [1.54, 1.807) is 24.3 Å². The van der Waals surface area contributed by atoms with Gasteiger partial charge in [0.05, 0.1) is 23.1 Å². The summed E-state index contributed by atoms with van der Waals surface area (Å²) in [6.45, 7) is 5.73. The fourth-order valence-electron chi connectivity index (χ4n) is 3.77. The highest BCUT2D eigenvalue weighted by atomic mass is 35.5. The lowest BCUT2D eigenvalue weighted by atomic mass is 9.91. The van der Waals surface area contributed by atoms with Crippen LogP contribution in [0.3, 0.4) is 0 Å². The molecule has 1 aliphatic carbocycles. The van der Waals surface area contributed by atoms with Crippen molar-refractivity contribution in [3.05, 3.63) is 75.3 Å². The Balaban J connectivity index is 2.33. The van der Waals surface area contributed by atoms with Crippen LogP contribution in [0.15, 0.2) is 63.5 Å². The number of ketones is 1. The van der Waals surface area contributed by atoms with E-state index in [1.165, 1.54) is 24.3 Å². The van der Waals surface area contributed by atoms with Gasteiger partial charge in [0, 0.05) is 11.1 Å². The molecule has 11 heteroatoms. The fourth-order valence-corrected chi connectivity index (χ4v) is 8.75. The molecule has 1 aliphatic rings. The molecule has 0 spiro atoms. The third-order valence-electron chi connectivity index (χ3n) is 5.81. The minimum atomic E-state index is -4.48. The summed E-state index contributed by atoms with van der Waals surface area (Å²) in [7, 11) is -8.85. The van der Waals surface area contributed by atoms with Gasteiger partial charge in [-0.15, -0.1) is 0 Å². The fraction of sp³-hybridized carbons (Fsp3) is 0.400. The molecule has 1 atom stereocenters. The van der Waals surface area contributed by atoms with E-state index < -0.39 is 38.7 Å². The molecule has 0 heterocycles. The second-order valence-corrected chi connectivity index (χ2v) is 13.1. The minimum absolute atomic E-state index is 0.0197. The zero-order chi connectivity index (χ0) is 26.6. The van der Waals surface area contributed by atoms with E-state index in [0.29, 0.717) is 12.8 Å². The molecule has 3 rings (SSSR count). The van der Waals surface area contributed by atoms with Crippen molar-refractivity contribution in [1.29, 1.82) is 0 Å². The number of benzene rings is 2. The number of sulfonamides is 1. The van der Waals surface area contributed by atoms with Crippen molar-refractivity contribution < 1.29 is 26.8 Å². The molecule has 0 amide bonds. The smallest absolute Gasteiger partial charge is 0.307 e. The van der Waals surface area contributed by atoms with Crippen LogP contribution in [0.2, 0.25) is 0 Å². The molecular formula is C25H30Cl2NO6PS. The first-order valence-corrected chi connectivity index (χ1v) is 15.5. The van der Waals surface area contributed by atoms with Crippen LogP contribution < -0.4 is 4.72 Å². The molecule has 0 saturated heterocycles. The van der Waals surface area contributed by atoms with Crippen LogP contribution in [-0.4, -0.2) is 27.4 Å². The number of allylic oxidation sites excluding steroid dienone is 1. The van der Waals surface area contributed by atoms with E-state index in [9.17, 15) is 17.8 Å². The first-order chi connectivity index (χ1) is 17.0. The molecule has 0 aliphatic heterocycles. The third kappa shape index (κ3) is 5.51. The van der Waals surface area contributed by atoms with Gasteiger partial charge in [0.25, 0.3) is 0 Å². The van der Waals surface area contributed by atoms with E-state index >= 15 is 0 Å². The molecule has 196 valence electrons. The van der Waals surface area contributed by atoms with Gasteiger partial charge in [-0.2, -0.15) is 4.72 Å². The van der Waals surface area contributed by atoms with Gasteiger partial charge < -0.3 is 9.05 Å². The van der Waals surface area contributed by atoms with Gasteiger partial charge in [-0.05, 0) is 31.9 Å². The predicted octanol–water partition coefficient (Wildman–Crippen LogP) is 6.84. The van der Waals surface area contributed by atoms with Crippen LogP contribution in [0.1, 0.15) is 61.0 Å². The van der Waals surface area contributed by atoms with Gasteiger partial charge in [0.2, 0.25) is 15.8 Å². The highest BCUT2D eigenvalue weighted by Gasteiger charge is 2.61. The summed E-state index contributed by atoms with van der Waals surface area (Å²) in [4.78, 5) is 12.9. The Morgan fingerprint density at radius 2 is 1.50 bits per heavy atom. The molecule has 2 aromatic carbocycles. The summed E-state index contributed by atoms with van der Waals surface area (Å²) in [6, 6.07) is 12.3. The Morgan fingerprint density at radius 3 is 2.06 bits per heavy atom. The van der Waals surface area contributed by atoms with Crippen LogP contribution in [0.25, 0.3) is 0 Å². The summed E-state index contributed by atoms with van der Waals surface area (Å²) < 4.78 is 56.5. The largest absolute Gasteiger partial charge is 0.361 e. The average Bonchev–Trinajstić information content (AvgIpc) is 2.86. The van der Waals surface area contributed by atoms with Crippen LogP contribution in [0, 0.1) is 6.92 Å². The van der Waals surface area contributed by atoms with Gasteiger partial charge in [-0.3, -0.25) is 9.36 Å². The van der Waals surface area contributed by atoms with Gasteiger partial charge in [-0.1, -0.05) is 91.9 Å². The Hall–Kier alpha value is -1.51. The number of halogens is 2. The second-order valence-electron chi connectivity index (χ2n) is 8.50. The Bertz CT molecular complexity index is 1280. The maximum Gasteiger partial charge on any atom is 0.361 e. The lowest BCUT2D eigenvalue weighted by molar-refractivity contribution is 0.103. The topological polar surface area (TPSA) is 98.8 Å². The summed E-state index contributed by atoms with van der Waals surface area (Å²) in [5, 5.41) is -3.19. The second kappa shape index (κ2) is 11.9. The highest BCUT2D eigenvalue weighted by molar-refractivity contribution is 7.90. The van der Waals surface area contributed by atoms with Crippen molar-refractivity contribution in [3.8, 4) is 0 Å². The first-order valence-electron chi connectivity index (χ1n) is 11.7. The van der Waals surface area contributed by atoms with E-state index in [1.807, 2.05) is 20.8 Å². The van der Waals surface area contributed by atoms with E-state index in [2.05, 4.69) is 4.72 Å². The number of aryl methyl sites for hydroxylation is 1. The molecule has 1 unspecified atom stereocenters. The number of hydrogen-bond acceptors (Lipinski definition) is 6. The molecule has 0 fully saturated rings. The summed E-state index contributed by atoms with van der Waals surface area (Å²) >= 11 is 13.1. The summed E-state index contributed by atoms with van der Waals surface area (Å²) in [5.74, 6) is -0.615. The number of carbonyl (C=O) groups is 1. The number of Topliss-reactive ketones (excluding diaryl/α,β-unsaturated/α-hetero) is 1. The van der Waals surface area contributed by atoms with Crippen molar-refractivity contribution in [2.45, 2.75) is 56.6 Å². The lowest BCUT2D eigenvalue weighted by Crippen LogP contribution is -2.50. The summed E-state index contributed by atoms with van der Waals surface area (Å²) in [5.41, 5.74) is 0.961. The SMILES string of the molecule is CCCCOP(=O)(OCCCC)C1(NS(=O)(=O)c2ccc(C)cc2)C(Cl)=C(Cl)C(=O)c2ccccc21. The quantitative estimate of drug-likeness (QED) is 0.220. The molecule has 1 N–H and O–H groups in total. The number of nitrogens with one attached hydrogen (secondary N) is 1. The highest BCUT2D eigenvalue weighted by Crippen LogP contribution is 2.70. The Labute approximate surface area is 222 Å². The Morgan fingerprint density at radius 1 is 0.944 bits per heavy atom. The molecule has 0 radical (unpaired) electrons. The third-order valence-corrected chi connectivity index (χ3v) is 10.9. The molecule has 0 aromatic heterocycles.